The van der Waals surface area contributed by atoms with E-state index in [2.05, 4.69) is 25.8 Å². The van der Waals surface area contributed by atoms with E-state index in [0.29, 0.717) is 38.6 Å². The number of ketones is 1. The summed E-state index contributed by atoms with van der Waals surface area (Å²) < 4.78 is 0. The Bertz CT molecular complexity index is 1320. The van der Waals surface area contributed by atoms with Crippen molar-refractivity contribution in [2.75, 3.05) is 37.7 Å². The molecule has 1 aliphatic heterocycles. The van der Waals surface area contributed by atoms with Crippen molar-refractivity contribution in [3.05, 3.63) is 71.8 Å². The van der Waals surface area contributed by atoms with Crippen LogP contribution in [-0.2, 0) is 32.0 Å². The molecule has 262 valence electrons. The largest absolute Gasteiger partial charge is 0.370 e. The van der Waals surface area contributed by atoms with Crippen molar-refractivity contribution in [2.24, 2.45) is 22.2 Å². The lowest BCUT2D eigenvalue weighted by Crippen LogP contribution is -2.58. The van der Waals surface area contributed by atoms with Gasteiger partial charge in [-0.25, -0.2) is 0 Å². The molecule has 4 atom stereocenters. The van der Waals surface area contributed by atoms with Crippen LogP contribution >= 0.6 is 11.8 Å². The zero-order valence-corrected chi connectivity index (χ0v) is 28.8. The Labute approximate surface area is 288 Å². The highest BCUT2D eigenvalue weighted by atomic mass is 32.2. The van der Waals surface area contributed by atoms with Crippen LogP contribution in [0.5, 0.6) is 0 Å². The Morgan fingerprint density at radius 2 is 1.31 bits per heavy atom. The number of hydrogen-bond donors (Lipinski definition) is 6. The molecule has 0 spiro atoms. The number of nitrogens with two attached hydrogens (primary N) is 3. The van der Waals surface area contributed by atoms with Gasteiger partial charge in [0.15, 0.2) is 11.7 Å². The molecular weight excluding hydrogens is 629 g/mol. The van der Waals surface area contributed by atoms with Gasteiger partial charge in [0.2, 0.25) is 17.7 Å². The molecule has 48 heavy (non-hydrogen) atoms. The number of rotatable bonds is 20. The van der Waals surface area contributed by atoms with Gasteiger partial charge in [-0.05, 0) is 36.8 Å². The Balaban J connectivity index is 1.74. The number of unbranched alkanes of at least 4 members (excludes halogenated alkanes) is 1. The average molecular weight is 681 g/mol. The van der Waals surface area contributed by atoms with Gasteiger partial charge in [0.25, 0.3) is 0 Å². The van der Waals surface area contributed by atoms with Crippen LogP contribution in [0.25, 0.3) is 0 Å². The number of benzene rings is 2. The predicted octanol–water partition coefficient (Wildman–Crippen LogP) is 1.12. The predicted molar refractivity (Wildman–Crippen MR) is 192 cm³/mol. The van der Waals surface area contributed by atoms with Gasteiger partial charge in [0, 0.05) is 37.6 Å². The van der Waals surface area contributed by atoms with Crippen molar-refractivity contribution in [2.45, 2.75) is 76.0 Å². The van der Waals surface area contributed by atoms with Crippen LogP contribution in [0.3, 0.4) is 0 Å². The Morgan fingerprint density at radius 1 is 0.771 bits per heavy atom. The van der Waals surface area contributed by atoms with Gasteiger partial charge in [-0.15, -0.1) is 0 Å². The number of thioether (sulfide) groups is 1. The van der Waals surface area contributed by atoms with E-state index in [-0.39, 0.29) is 24.7 Å². The van der Waals surface area contributed by atoms with Gasteiger partial charge in [-0.2, -0.15) is 11.8 Å². The summed E-state index contributed by atoms with van der Waals surface area (Å²) in [6.07, 6.45) is 3.19. The van der Waals surface area contributed by atoms with Crippen LogP contribution in [0.1, 0.15) is 50.2 Å². The van der Waals surface area contributed by atoms with Crippen LogP contribution < -0.4 is 33.2 Å². The highest BCUT2D eigenvalue weighted by molar-refractivity contribution is 7.99. The fraction of sp³-hybridized carbons (Fsp3) is 0.514. The smallest absolute Gasteiger partial charge is 0.243 e. The summed E-state index contributed by atoms with van der Waals surface area (Å²) in [5, 5.41) is 8.65. The Hall–Kier alpha value is -3.94. The molecule has 1 aliphatic rings. The van der Waals surface area contributed by atoms with Crippen LogP contribution in [0, 0.1) is 0 Å². The van der Waals surface area contributed by atoms with Crippen LogP contribution in [0.2, 0.25) is 0 Å². The number of aliphatic imine (C=N–C) groups is 1. The quantitative estimate of drug-likeness (QED) is 0.0674. The van der Waals surface area contributed by atoms with Crippen LogP contribution in [-0.4, -0.2) is 96.2 Å². The standard InChI is InChI=1S/C35H52N8O4S/c1-2-3-15-29(33(46)40-28(16-10-17-39-35(37)38)31(44)24-43-18-20-48-21-19-43)41-34(47)30(23-26-13-8-5-9-14-26)42-32(45)27(36)22-25-11-6-4-7-12-25/h4-9,11-14,27-30H,2-3,10,15-24,36H2,1H3,(H,40,46)(H,41,47)(H,42,45)(H4,37,38,39)/t27-,28-,29-,30-/m1/s1. The maximum Gasteiger partial charge on any atom is 0.243 e. The molecule has 0 radical (unpaired) electrons. The number of Topliss-reactive ketones (excluding diaryl/α,β-unsaturated/α-hetero) is 1. The van der Waals surface area contributed by atoms with E-state index in [1.807, 2.05) is 79.3 Å². The van der Waals surface area contributed by atoms with Crippen molar-refractivity contribution in [3.63, 3.8) is 0 Å². The molecule has 0 unspecified atom stereocenters. The van der Waals surface area contributed by atoms with Crippen molar-refractivity contribution >= 4 is 41.2 Å². The van der Waals surface area contributed by atoms with E-state index >= 15 is 0 Å². The first kappa shape index (κ1) is 38.5. The summed E-state index contributed by atoms with van der Waals surface area (Å²) in [6, 6.07) is 15.2. The van der Waals surface area contributed by atoms with E-state index in [9.17, 15) is 19.2 Å². The van der Waals surface area contributed by atoms with E-state index in [4.69, 9.17) is 17.2 Å². The summed E-state index contributed by atoms with van der Waals surface area (Å²) in [6.45, 7) is 4.17. The molecule has 1 heterocycles. The third kappa shape index (κ3) is 14.0. The molecule has 0 bridgehead atoms. The van der Waals surface area contributed by atoms with Gasteiger partial charge < -0.3 is 33.2 Å². The average Bonchev–Trinajstić information content (AvgIpc) is 3.08. The monoisotopic (exact) mass is 680 g/mol. The summed E-state index contributed by atoms with van der Waals surface area (Å²) >= 11 is 1.85. The molecule has 1 saturated heterocycles. The third-order valence-corrected chi connectivity index (χ3v) is 9.11. The summed E-state index contributed by atoms with van der Waals surface area (Å²) in [5.41, 5.74) is 18.9. The zero-order chi connectivity index (χ0) is 34.7. The lowest BCUT2D eigenvalue weighted by molar-refractivity contribution is -0.134. The van der Waals surface area contributed by atoms with Gasteiger partial charge in [-0.3, -0.25) is 29.1 Å². The fourth-order valence-corrected chi connectivity index (χ4v) is 6.41. The number of nitrogens with one attached hydrogen (secondary N) is 3. The minimum atomic E-state index is -0.979. The molecule has 9 N–H and O–H groups in total. The molecule has 12 nitrogen and oxygen atoms in total. The molecule has 2 aromatic carbocycles. The Kier molecular flexibility index (Phi) is 16.9. The molecule has 1 fully saturated rings. The van der Waals surface area contributed by atoms with Crippen LogP contribution in [0.15, 0.2) is 65.7 Å². The van der Waals surface area contributed by atoms with Crippen LogP contribution in [0.4, 0.5) is 0 Å². The van der Waals surface area contributed by atoms with Crippen molar-refractivity contribution in [1.82, 2.24) is 20.9 Å². The SMILES string of the molecule is CCCC[C@@H](NC(=O)[C@@H](Cc1ccccc1)NC(=O)[C@H](N)Cc1ccccc1)C(=O)N[C@H](CCCN=C(N)N)C(=O)CN1CCSCC1. The number of nitrogens with zero attached hydrogens (tertiary/aromatic N) is 2. The fourth-order valence-electron chi connectivity index (χ4n) is 5.43. The topological polar surface area (TPSA) is 198 Å². The Morgan fingerprint density at radius 3 is 1.92 bits per heavy atom. The molecule has 13 heteroatoms. The highest BCUT2D eigenvalue weighted by Gasteiger charge is 2.31. The number of guanidine groups is 1. The van der Waals surface area contributed by atoms with Gasteiger partial charge in [-0.1, -0.05) is 80.4 Å². The second-order valence-electron chi connectivity index (χ2n) is 12.1. The molecule has 2 aromatic rings. The number of carbonyl (C=O) groups is 4. The van der Waals surface area contributed by atoms with E-state index in [1.165, 1.54) is 0 Å². The first-order valence-corrected chi connectivity index (χ1v) is 17.9. The van der Waals surface area contributed by atoms with Gasteiger partial charge >= 0.3 is 0 Å². The maximum absolute atomic E-state index is 13.8. The van der Waals surface area contributed by atoms with E-state index < -0.39 is 41.9 Å². The second kappa shape index (κ2) is 21.1. The molecule has 3 amide bonds. The zero-order valence-electron chi connectivity index (χ0n) is 27.9. The van der Waals surface area contributed by atoms with E-state index in [1.54, 1.807) is 0 Å². The number of amides is 3. The van der Waals surface area contributed by atoms with E-state index in [0.717, 1.165) is 42.1 Å². The minimum absolute atomic E-state index is 0.0340. The highest BCUT2D eigenvalue weighted by Crippen LogP contribution is 2.12. The summed E-state index contributed by atoms with van der Waals surface area (Å²) in [5.74, 6) is 0.367. The summed E-state index contributed by atoms with van der Waals surface area (Å²) in [4.78, 5) is 60.4. The molecule has 3 rings (SSSR count). The van der Waals surface area contributed by atoms with Gasteiger partial charge in [0.1, 0.15) is 12.1 Å². The van der Waals surface area contributed by atoms with Gasteiger partial charge in [0.05, 0.1) is 18.6 Å². The summed E-state index contributed by atoms with van der Waals surface area (Å²) in [7, 11) is 0. The number of hydrogen-bond acceptors (Lipinski definition) is 8. The first-order valence-electron chi connectivity index (χ1n) is 16.8. The molecule has 0 saturated carbocycles. The van der Waals surface area contributed by atoms with Crippen molar-refractivity contribution < 1.29 is 19.2 Å². The lowest BCUT2D eigenvalue weighted by Gasteiger charge is -2.29. The normalized spacial score (nSPS) is 15.7. The second-order valence-corrected chi connectivity index (χ2v) is 13.3. The molecular formula is C35H52N8O4S. The maximum atomic E-state index is 13.8. The molecule has 0 aromatic heterocycles. The minimum Gasteiger partial charge on any atom is -0.370 e. The number of carbonyl (C=O) groups excluding carboxylic acids is 4. The van der Waals surface area contributed by atoms with Crippen molar-refractivity contribution in [1.29, 1.82) is 0 Å². The third-order valence-electron chi connectivity index (χ3n) is 8.16. The van der Waals surface area contributed by atoms with Crippen molar-refractivity contribution in [3.8, 4) is 0 Å². The lowest BCUT2D eigenvalue weighted by atomic mass is 10.0. The first-order chi connectivity index (χ1) is 23.2. The molecule has 0 aliphatic carbocycles.